The number of ether oxygens (including phenoxy) is 2. The summed E-state index contributed by atoms with van der Waals surface area (Å²) in [5, 5.41) is 0. The van der Waals surface area contributed by atoms with Gasteiger partial charge in [-0.3, -0.25) is 0 Å². The van der Waals surface area contributed by atoms with Crippen LogP contribution in [0.1, 0.15) is 194 Å². The second-order valence-electron chi connectivity index (χ2n) is 11.7. The highest BCUT2D eigenvalue weighted by atomic mass is 16.6. The van der Waals surface area contributed by atoms with Crippen LogP contribution < -0.4 is 10.9 Å². The van der Waals surface area contributed by atoms with Gasteiger partial charge in [0, 0.05) is 0 Å². The highest BCUT2D eigenvalue weighted by Crippen LogP contribution is 2.14. The van der Waals surface area contributed by atoms with Gasteiger partial charge in [-0.1, -0.05) is 181 Å². The lowest BCUT2D eigenvalue weighted by Gasteiger charge is -2.09. The highest BCUT2D eigenvalue weighted by molar-refractivity contribution is 5.73. The van der Waals surface area contributed by atoms with E-state index in [-0.39, 0.29) is 0 Å². The molecule has 0 radical (unpaired) electrons. The molecule has 238 valence electrons. The Balaban J connectivity index is 3.27. The van der Waals surface area contributed by atoms with Crippen molar-refractivity contribution in [2.45, 2.75) is 194 Å². The van der Waals surface area contributed by atoms with Gasteiger partial charge < -0.3 is 9.47 Å². The molecule has 0 spiro atoms. The molecule has 6 nitrogen and oxygen atoms in total. The molecule has 0 aliphatic rings. The Kier molecular flexibility index (Phi) is 32.5. The summed E-state index contributed by atoms with van der Waals surface area (Å²) >= 11 is 0. The molecule has 2 N–H and O–H groups in total. The van der Waals surface area contributed by atoms with E-state index in [0.717, 1.165) is 25.7 Å². The molecule has 40 heavy (non-hydrogen) atoms. The molecular weight excluding hydrogens is 500 g/mol. The van der Waals surface area contributed by atoms with Crippen molar-refractivity contribution in [3.05, 3.63) is 0 Å². The molecule has 2 amide bonds. The van der Waals surface area contributed by atoms with Gasteiger partial charge in [0.05, 0.1) is 13.2 Å². The Morgan fingerprint density at radius 1 is 0.350 bits per heavy atom. The van der Waals surface area contributed by atoms with Gasteiger partial charge in [-0.2, -0.15) is 0 Å². The van der Waals surface area contributed by atoms with Crippen LogP contribution in [0.5, 0.6) is 0 Å². The van der Waals surface area contributed by atoms with E-state index in [0.29, 0.717) is 13.2 Å². The molecule has 0 atom stereocenters. The van der Waals surface area contributed by atoms with Crippen molar-refractivity contribution >= 4 is 12.2 Å². The van der Waals surface area contributed by atoms with Crippen LogP contribution in [-0.4, -0.2) is 25.4 Å². The fourth-order valence-corrected chi connectivity index (χ4v) is 5.10. The first-order valence-corrected chi connectivity index (χ1v) is 17.6. The maximum Gasteiger partial charge on any atom is 0.426 e. The van der Waals surface area contributed by atoms with Crippen molar-refractivity contribution in [1.82, 2.24) is 10.9 Å². The van der Waals surface area contributed by atoms with E-state index < -0.39 is 12.2 Å². The van der Waals surface area contributed by atoms with Gasteiger partial charge in [-0.25, -0.2) is 20.4 Å². The molecule has 0 aromatic carbocycles. The van der Waals surface area contributed by atoms with E-state index >= 15 is 0 Å². The quantitative estimate of drug-likeness (QED) is 0.0667. The van der Waals surface area contributed by atoms with Gasteiger partial charge in [-0.05, 0) is 12.8 Å². The lowest BCUT2D eigenvalue weighted by molar-refractivity contribution is 0.122. The summed E-state index contributed by atoms with van der Waals surface area (Å²) in [6, 6.07) is 0. The van der Waals surface area contributed by atoms with E-state index in [1.807, 2.05) is 0 Å². The van der Waals surface area contributed by atoms with Crippen molar-refractivity contribution in [2.75, 3.05) is 13.2 Å². The zero-order valence-electron chi connectivity index (χ0n) is 26.8. The fraction of sp³-hybridized carbons (Fsp3) is 0.941. The molecule has 6 heteroatoms. The minimum Gasteiger partial charge on any atom is -0.448 e. The Labute approximate surface area is 248 Å². The molecule has 0 saturated heterocycles. The molecule has 0 rings (SSSR count). The van der Waals surface area contributed by atoms with Crippen LogP contribution in [0.4, 0.5) is 9.59 Å². The first kappa shape index (κ1) is 38.5. The third-order valence-corrected chi connectivity index (χ3v) is 7.73. The fourth-order valence-electron chi connectivity index (χ4n) is 5.10. The van der Waals surface area contributed by atoms with E-state index in [1.54, 1.807) is 0 Å². The SMILES string of the molecule is CCCCCCCCCCCCCCCCOC(=O)NNC(=O)OCCCCCCCCCCCCCCCC. The summed E-state index contributed by atoms with van der Waals surface area (Å²) in [5.74, 6) is 0. The maximum absolute atomic E-state index is 11.7. The van der Waals surface area contributed by atoms with Crippen LogP contribution in [0.15, 0.2) is 0 Å². The van der Waals surface area contributed by atoms with Gasteiger partial charge in [0.1, 0.15) is 0 Å². The van der Waals surface area contributed by atoms with Gasteiger partial charge in [0.15, 0.2) is 0 Å². The van der Waals surface area contributed by atoms with Crippen molar-refractivity contribution in [3.8, 4) is 0 Å². The number of carbonyl (C=O) groups excluding carboxylic acids is 2. The number of hydrazine groups is 1. The average Bonchev–Trinajstić information content (AvgIpc) is 2.96. The topological polar surface area (TPSA) is 76.7 Å². The van der Waals surface area contributed by atoms with Gasteiger partial charge in [-0.15, -0.1) is 0 Å². The molecule has 0 bridgehead atoms. The molecule has 0 aromatic rings. The van der Waals surface area contributed by atoms with E-state index in [1.165, 1.54) is 154 Å². The summed E-state index contributed by atoms with van der Waals surface area (Å²) in [6.45, 7) is 5.28. The number of hydrogen-bond acceptors (Lipinski definition) is 4. The van der Waals surface area contributed by atoms with Crippen LogP contribution in [-0.2, 0) is 9.47 Å². The van der Waals surface area contributed by atoms with E-state index in [9.17, 15) is 9.59 Å². The van der Waals surface area contributed by atoms with Crippen molar-refractivity contribution in [1.29, 1.82) is 0 Å². The third-order valence-electron chi connectivity index (χ3n) is 7.73. The predicted molar refractivity (Wildman–Crippen MR) is 170 cm³/mol. The minimum atomic E-state index is -0.636. The molecule has 0 fully saturated rings. The van der Waals surface area contributed by atoms with E-state index in [4.69, 9.17) is 9.47 Å². The smallest absolute Gasteiger partial charge is 0.426 e. The normalized spacial score (nSPS) is 10.9. The van der Waals surface area contributed by atoms with Crippen molar-refractivity contribution < 1.29 is 19.1 Å². The number of rotatable bonds is 30. The lowest BCUT2D eigenvalue weighted by Crippen LogP contribution is -2.42. The Morgan fingerprint density at radius 3 is 0.775 bits per heavy atom. The largest absolute Gasteiger partial charge is 0.448 e. The Morgan fingerprint density at radius 2 is 0.550 bits per heavy atom. The Hall–Kier alpha value is -1.46. The first-order chi connectivity index (χ1) is 19.7. The summed E-state index contributed by atoms with van der Waals surface area (Å²) in [6.07, 6.45) is 34.9. The maximum atomic E-state index is 11.7. The summed E-state index contributed by atoms with van der Waals surface area (Å²) in [5.41, 5.74) is 4.50. The van der Waals surface area contributed by atoms with Crippen LogP contribution in [0.25, 0.3) is 0 Å². The first-order valence-electron chi connectivity index (χ1n) is 17.6. The van der Waals surface area contributed by atoms with E-state index in [2.05, 4.69) is 24.7 Å². The zero-order valence-corrected chi connectivity index (χ0v) is 26.8. The third kappa shape index (κ3) is 32.8. The highest BCUT2D eigenvalue weighted by Gasteiger charge is 2.06. The van der Waals surface area contributed by atoms with Crippen LogP contribution in [0.3, 0.4) is 0 Å². The van der Waals surface area contributed by atoms with Crippen molar-refractivity contribution in [2.24, 2.45) is 0 Å². The standard InChI is InChI=1S/C34H68N2O4/c1-3-5-7-9-11-13-15-17-19-21-23-25-27-29-31-39-33(37)35-36-34(38)40-32-30-28-26-24-22-20-18-16-14-12-10-8-6-4-2/h3-32H2,1-2H3,(H,35,37)(H,36,38). The van der Waals surface area contributed by atoms with Gasteiger partial charge in [0.2, 0.25) is 0 Å². The summed E-state index contributed by atoms with van der Waals surface area (Å²) in [7, 11) is 0. The number of hydrogen-bond donors (Lipinski definition) is 2. The van der Waals surface area contributed by atoms with Crippen LogP contribution in [0, 0.1) is 0 Å². The minimum absolute atomic E-state index is 0.375. The number of unbranched alkanes of at least 4 members (excludes halogenated alkanes) is 26. The predicted octanol–water partition coefficient (Wildman–Crippen LogP) is 11.3. The molecule has 0 unspecified atom stereocenters. The molecular formula is C34H68N2O4. The van der Waals surface area contributed by atoms with Gasteiger partial charge in [0.25, 0.3) is 0 Å². The summed E-state index contributed by atoms with van der Waals surface area (Å²) < 4.78 is 10.2. The second-order valence-corrected chi connectivity index (χ2v) is 11.7. The molecule has 0 saturated carbocycles. The van der Waals surface area contributed by atoms with Gasteiger partial charge >= 0.3 is 12.2 Å². The molecule has 0 heterocycles. The van der Waals surface area contributed by atoms with Crippen LogP contribution in [0.2, 0.25) is 0 Å². The van der Waals surface area contributed by atoms with Crippen molar-refractivity contribution in [3.63, 3.8) is 0 Å². The monoisotopic (exact) mass is 569 g/mol. The number of carbonyl (C=O) groups is 2. The average molecular weight is 569 g/mol. The molecule has 0 aromatic heterocycles. The zero-order chi connectivity index (χ0) is 29.2. The molecule has 0 aliphatic carbocycles. The van der Waals surface area contributed by atoms with Crippen LogP contribution >= 0.6 is 0 Å². The number of amides is 2. The lowest BCUT2D eigenvalue weighted by atomic mass is 10.0. The number of nitrogens with one attached hydrogen (secondary N) is 2. The Bertz CT molecular complexity index is 484. The summed E-state index contributed by atoms with van der Waals surface area (Å²) in [4.78, 5) is 23.4. The molecule has 0 aliphatic heterocycles. The second kappa shape index (κ2) is 33.7.